The Bertz CT molecular complexity index is 827. The van der Waals surface area contributed by atoms with Gasteiger partial charge in [0.05, 0.1) is 11.9 Å². The highest BCUT2D eigenvalue weighted by atomic mass is 16.2. The molecule has 2 amide bonds. The van der Waals surface area contributed by atoms with Crippen molar-refractivity contribution in [2.45, 2.75) is 51.9 Å². The van der Waals surface area contributed by atoms with Crippen LogP contribution in [-0.2, 0) is 0 Å². The summed E-state index contributed by atoms with van der Waals surface area (Å²) in [5, 5.41) is 2.95. The summed E-state index contributed by atoms with van der Waals surface area (Å²) in [5.74, 6) is 2.75. The van der Waals surface area contributed by atoms with Crippen molar-refractivity contribution in [3.8, 4) is 0 Å². The number of carbonyl (C=O) groups is 1. The Labute approximate surface area is 186 Å². The monoisotopic (exact) mass is 421 g/mol. The maximum Gasteiger partial charge on any atom is 0.321 e. The van der Waals surface area contributed by atoms with Gasteiger partial charge in [0, 0.05) is 38.1 Å². The number of nitrogens with zero attached hydrogens (tertiary/aromatic N) is 4. The zero-order valence-corrected chi connectivity index (χ0v) is 18.7. The van der Waals surface area contributed by atoms with Crippen LogP contribution in [0.4, 0.5) is 16.3 Å². The van der Waals surface area contributed by atoms with Gasteiger partial charge in [0.2, 0.25) is 0 Å². The highest BCUT2D eigenvalue weighted by molar-refractivity contribution is 5.89. The molecule has 166 valence electrons. The number of piperidine rings is 2. The minimum atomic E-state index is 0.00121. The van der Waals surface area contributed by atoms with Gasteiger partial charge in [-0.25, -0.2) is 9.78 Å². The lowest BCUT2D eigenvalue weighted by Crippen LogP contribution is -2.41. The molecule has 1 N–H and O–H groups in total. The molecule has 4 heterocycles. The van der Waals surface area contributed by atoms with Crippen LogP contribution in [0.15, 0.2) is 42.7 Å². The summed E-state index contributed by atoms with van der Waals surface area (Å²) in [5.41, 5.74) is 1.86. The van der Waals surface area contributed by atoms with Crippen molar-refractivity contribution in [2.24, 2.45) is 11.8 Å². The van der Waals surface area contributed by atoms with Crippen LogP contribution in [0.25, 0.3) is 0 Å². The van der Waals surface area contributed by atoms with E-state index in [2.05, 4.69) is 45.3 Å². The van der Waals surface area contributed by atoms with Gasteiger partial charge in [-0.3, -0.25) is 4.98 Å². The molecule has 0 bridgehead atoms. The molecule has 0 unspecified atom stereocenters. The van der Waals surface area contributed by atoms with Gasteiger partial charge in [0.15, 0.2) is 0 Å². The fourth-order valence-electron chi connectivity index (χ4n) is 4.91. The van der Waals surface area contributed by atoms with E-state index in [1.165, 1.54) is 32.1 Å². The highest BCUT2D eigenvalue weighted by Crippen LogP contribution is 2.28. The number of nitrogens with one attached hydrogen (secondary N) is 1. The second-order valence-electron chi connectivity index (χ2n) is 9.10. The number of aryl methyl sites for hydroxylation is 1. The molecule has 0 saturated carbocycles. The molecule has 2 aromatic rings. The Morgan fingerprint density at radius 1 is 1.00 bits per heavy atom. The first-order chi connectivity index (χ1) is 15.2. The second-order valence-corrected chi connectivity index (χ2v) is 9.10. The summed E-state index contributed by atoms with van der Waals surface area (Å²) in [7, 11) is 0. The molecule has 2 aliphatic rings. The van der Waals surface area contributed by atoms with Crippen LogP contribution < -0.4 is 10.2 Å². The zero-order chi connectivity index (χ0) is 21.5. The minimum absolute atomic E-state index is 0.00121. The number of rotatable bonds is 6. The summed E-state index contributed by atoms with van der Waals surface area (Å²) in [6.45, 7) is 6.04. The Kier molecular flexibility index (Phi) is 7.39. The summed E-state index contributed by atoms with van der Waals surface area (Å²) in [6, 6.07) is 10.0. The predicted octanol–water partition coefficient (Wildman–Crippen LogP) is 5.12. The first-order valence-corrected chi connectivity index (χ1v) is 11.8. The third kappa shape index (κ3) is 6.18. The number of hydrogen-bond acceptors (Lipinski definition) is 4. The van der Waals surface area contributed by atoms with Crippen LogP contribution in [0, 0.1) is 18.8 Å². The van der Waals surface area contributed by atoms with E-state index in [0.29, 0.717) is 0 Å². The Morgan fingerprint density at radius 3 is 2.35 bits per heavy atom. The molecular weight excluding hydrogens is 386 g/mol. The Morgan fingerprint density at radius 2 is 1.71 bits per heavy atom. The van der Waals surface area contributed by atoms with Crippen LogP contribution in [0.5, 0.6) is 0 Å². The van der Waals surface area contributed by atoms with Gasteiger partial charge in [-0.05, 0) is 68.7 Å². The third-order valence-corrected chi connectivity index (χ3v) is 6.85. The zero-order valence-electron chi connectivity index (χ0n) is 18.7. The molecule has 2 aromatic heterocycles. The molecule has 0 radical (unpaired) electrons. The lowest BCUT2D eigenvalue weighted by Gasteiger charge is -2.34. The molecule has 4 rings (SSSR count). The van der Waals surface area contributed by atoms with E-state index >= 15 is 0 Å². The normalized spacial score (nSPS) is 18.2. The number of aromatic nitrogens is 2. The molecule has 0 spiro atoms. The molecule has 2 aliphatic heterocycles. The van der Waals surface area contributed by atoms with Crippen molar-refractivity contribution < 1.29 is 4.79 Å². The first kappa shape index (κ1) is 21.6. The molecule has 6 nitrogen and oxygen atoms in total. The molecule has 2 fully saturated rings. The van der Waals surface area contributed by atoms with Crippen LogP contribution in [0.3, 0.4) is 0 Å². The van der Waals surface area contributed by atoms with E-state index in [-0.39, 0.29) is 6.03 Å². The number of pyridine rings is 2. The first-order valence-electron chi connectivity index (χ1n) is 11.8. The van der Waals surface area contributed by atoms with Crippen molar-refractivity contribution >= 4 is 17.5 Å². The van der Waals surface area contributed by atoms with Crippen molar-refractivity contribution in [1.29, 1.82) is 0 Å². The standard InChI is InChI=1S/C25H35N5O/c1-20-5-2-9-24(27-20)29-15-10-21(11-16-29)6-3-7-22-12-17-30(18-13-22)25(31)28-23-8-4-14-26-19-23/h2,4-5,8-9,14,19,21-22H,3,6-7,10-13,15-18H2,1H3,(H,28,31). The maximum absolute atomic E-state index is 12.4. The highest BCUT2D eigenvalue weighted by Gasteiger charge is 2.24. The number of hydrogen-bond donors (Lipinski definition) is 1. The van der Waals surface area contributed by atoms with E-state index in [0.717, 1.165) is 68.1 Å². The van der Waals surface area contributed by atoms with E-state index in [4.69, 9.17) is 0 Å². The van der Waals surface area contributed by atoms with Crippen molar-refractivity contribution in [3.63, 3.8) is 0 Å². The molecule has 0 aliphatic carbocycles. The summed E-state index contributed by atoms with van der Waals surface area (Å²) in [4.78, 5) is 25.5. The van der Waals surface area contributed by atoms with Gasteiger partial charge >= 0.3 is 6.03 Å². The van der Waals surface area contributed by atoms with E-state index in [1.807, 2.05) is 17.0 Å². The lowest BCUT2D eigenvalue weighted by molar-refractivity contribution is 0.178. The van der Waals surface area contributed by atoms with Crippen molar-refractivity contribution in [2.75, 3.05) is 36.4 Å². The van der Waals surface area contributed by atoms with Crippen LogP contribution in [0.1, 0.15) is 50.6 Å². The maximum atomic E-state index is 12.4. The van der Waals surface area contributed by atoms with Crippen LogP contribution in [-0.4, -0.2) is 47.1 Å². The van der Waals surface area contributed by atoms with Gasteiger partial charge in [-0.15, -0.1) is 0 Å². The number of carbonyl (C=O) groups excluding carboxylic acids is 1. The molecule has 0 atom stereocenters. The van der Waals surface area contributed by atoms with Crippen molar-refractivity contribution in [3.05, 3.63) is 48.4 Å². The SMILES string of the molecule is Cc1cccc(N2CCC(CCCC3CCN(C(=O)Nc4cccnc4)CC3)CC2)n1. The summed E-state index contributed by atoms with van der Waals surface area (Å²) >= 11 is 0. The number of amides is 2. The fraction of sp³-hybridized carbons (Fsp3) is 0.560. The third-order valence-electron chi connectivity index (χ3n) is 6.85. The molecular formula is C25H35N5O. The second kappa shape index (κ2) is 10.6. The Hall–Kier alpha value is -2.63. The van der Waals surface area contributed by atoms with Gasteiger partial charge in [-0.2, -0.15) is 0 Å². The topological polar surface area (TPSA) is 61.4 Å². The average molecular weight is 422 g/mol. The van der Waals surface area contributed by atoms with Gasteiger partial charge < -0.3 is 15.1 Å². The number of likely N-dealkylation sites (tertiary alicyclic amines) is 1. The van der Waals surface area contributed by atoms with E-state index < -0.39 is 0 Å². The van der Waals surface area contributed by atoms with Gasteiger partial charge in [0.25, 0.3) is 0 Å². The molecule has 31 heavy (non-hydrogen) atoms. The quantitative estimate of drug-likeness (QED) is 0.704. The lowest BCUT2D eigenvalue weighted by atomic mass is 9.87. The van der Waals surface area contributed by atoms with Crippen molar-refractivity contribution in [1.82, 2.24) is 14.9 Å². The molecule has 2 saturated heterocycles. The minimum Gasteiger partial charge on any atom is -0.357 e. The smallest absolute Gasteiger partial charge is 0.321 e. The van der Waals surface area contributed by atoms with E-state index in [1.54, 1.807) is 12.4 Å². The van der Waals surface area contributed by atoms with Crippen LogP contribution in [0.2, 0.25) is 0 Å². The van der Waals surface area contributed by atoms with E-state index in [9.17, 15) is 4.79 Å². The van der Waals surface area contributed by atoms with Gasteiger partial charge in [-0.1, -0.05) is 25.3 Å². The summed E-state index contributed by atoms with van der Waals surface area (Å²) < 4.78 is 0. The molecule has 0 aromatic carbocycles. The predicted molar refractivity (Wildman–Crippen MR) is 125 cm³/mol. The Balaban J connectivity index is 1.11. The largest absolute Gasteiger partial charge is 0.357 e. The number of anilines is 2. The van der Waals surface area contributed by atoms with Crippen LogP contribution >= 0.6 is 0 Å². The molecule has 6 heteroatoms. The summed E-state index contributed by atoms with van der Waals surface area (Å²) in [6.07, 6.45) is 12.2. The average Bonchev–Trinajstić information content (AvgIpc) is 2.81. The van der Waals surface area contributed by atoms with Gasteiger partial charge in [0.1, 0.15) is 5.82 Å². The fourth-order valence-corrected chi connectivity index (χ4v) is 4.91. The number of urea groups is 1.